The lowest BCUT2D eigenvalue weighted by Crippen LogP contribution is -2.42. The van der Waals surface area contributed by atoms with Gasteiger partial charge in [0.1, 0.15) is 5.41 Å². The molecule has 2 fully saturated rings. The maximum absolute atomic E-state index is 13.1. The van der Waals surface area contributed by atoms with Gasteiger partial charge in [0.05, 0.1) is 11.5 Å². The lowest BCUT2D eigenvalue weighted by Gasteiger charge is -2.25. The number of fused-ring (bicyclic) bond motifs is 2. The van der Waals surface area contributed by atoms with Crippen LogP contribution in [0.1, 0.15) is 33.6 Å². The van der Waals surface area contributed by atoms with Gasteiger partial charge in [0.2, 0.25) is 0 Å². The molecule has 1 aromatic heterocycles. The smallest absolute Gasteiger partial charge is 0.313 e. The molecule has 0 bridgehead atoms. The molecule has 142 valence electrons. The van der Waals surface area contributed by atoms with Gasteiger partial charge in [-0.1, -0.05) is 0 Å². The molecule has 0 saturated carbocycles. The molecule has 0 unspecified atom stereocenters. The van der Waals surface area contributed by atoms with Crippen molar-refractivity contribution in [3.8, 4) is 0 Å². The fourth-order valence-corrected chi connectivity index (χ4v) is 5.99. The number of ether oxygens (including phenoxy) is 1. The summed E-state index contributed by atoms with van der Waals surface area (Å²) in [5.74, 6) is -0.737. The van der Waals surface area contributed by atoms with E-state index in [9.17, 15) is 14.7 Å². The molecule has 3 heterocycles. The summed E-state index contributed by atoms with van der Waals surface area (Å²) < 4.78 is 5.13. The van der Waals surface area contributed by atoms with E-state index in [4.69, 9.17) is 4.74 Å². The van der Waals surface area contributed by atoms with Crippen LogP contribution in [-0.2, 0) is 22.4 Å². The SMILES string of the molecule is COCCN1C[C@@H]2CN(C(=O)c3scc4c3CCCC4)C[C@]2(C(=O)O)C1. The van der Waals surface area contributed by atoms with E-state index in [0.29, 0.717) is 26.2 Å². The second kappa shape index (κ2) is 6.94. The van der Waals surface area contributed by atoms with Crippen molar-refractivity contribution < 1.29 is 19.4 Å². The number of aryl methyl sites for hydroxylation is 1. The summed E-state index contributed by atoms with van der Waals surface area (Å²) in [7, 11) is 1.66. The van der Waals surface area contributed by atoms with Crippen molar-refractivity contribution >= 4 is 23.2 Å². The summed E-state index contributed by atoms with van der Waals surface area (Å²) >= 11 is 1.54. The Hall–Kier alpha value is -1.44. The Morgan fingerprint density at radius 2 is 2.12 bits per heavy atom. The molecule has 6 nitrogen and oxygen atoms in total. The number of hydrogen-bond acceptors (Lipinski definition) is 5. The molecule has 2 aliphatic heterocycles. The van der Waals surface area contributed by atoms with E-state index in [-0.39, 0.29) is 11.8 Å². The summed E-state index contributed by atoms with van der Waals surface area (Å²) in [6.07, 6.45) is 4.38. The van der Waals surface area contributed by atoms with Crippen LogP contribution < -0.4 is 0 Å². The standard InChI is InChI=1S/C19H26N2O4S/c1-25-7-6-20-8-14-9-21(12-19(14,11-20)18(23)24)17(22)16-15-5-3-2-4-13(15)10-26-16/h10,14H,2-9,11-12H2,1H3,(H,23,24)/t14-,19-/m1/s1. The molecule has 1 aliphatic carbocycles. The van der Waals surface area contributed by atoms with Gasteiger partial charge in [-0.05, 0) is 42.2 Å². The first-order valence-electron chi connectivity index (χ1n) is 9.38. The maximum atomic E-state index is 13.1. The highest BCUT2D eigenvalue weighted by atomic mass is 32.1. The van der Waals surface area contributed by atoms with Crippen molar-refractivity contribution in [1.82, 2.24) is 9.80 Å². The third-order valence-corrected chi connectivity index (χ3v) is 7.36. The lowest BCUT2D eigenvalue weighted by atomic mass is 9.81. The number of hydrogen-bond donors (Lipinski definition) is 1. The Kier molecular flexibility index (Phi) is 4.79. The summed E-state index contributed by atoms with van der Waals surface area (Å²) in [6.45, 7) is 3.44. The minimum absolute atomic E-state index is 0.00315. The van der Waals surface area contributed by atoms with Crippen molar-refractivity contribution in [3.63, 3.8) is 0 Å². The van der Waals surface area contributed by atoms with Crippen LogP contribution in [0.15, 0.2) is 5.38 Å². The maximum Gasteiger partial charge on any atom is 0.313 e. The third-order valence-electron chi connectivity index (χ3n) is 6.30. The predicted molar refractivity (Wildman–Crippen MR) is 98.7 cm³/mol. The average Bonchev–Trinajstić information content (AvgIpc) is 3.30. The molecule has 7 heteroatoms. The van der Waals surface area contributed by atoms with Gasteiger partial charge in [0, 0.05) is 45.8 Å². The van der Waals surface area contributed by atoms with Gasteiger partial charge in [-0.2, -0.15) is 0 Å². The van der Waals surface area contributed by atoms with Crippen molar-refractivity contribution in [2.75, 3.05) is 46.4 Å². The van der Waals surface area contributed by atoms with E-state index >= 15 is 0 Å². The summed E-state index contributed by atoms with van der Waals surface area (Å²) in [6, 6.07) is 0. The van der Waals surface area contributed by atoms with Gasteiger partial charge < -0.3 is 14.7 Å². The summed E-state index contributed by atoms with van der Waals surface area (Å²) in [5.41, 5.74) is 1.71. The van der Waals surface area contributed by atoms with Crippen LogP contribution in [0.3, 0.4) is 0 Å². The number of rotatable bonds is 5. The first-order valence-corrected chi connectivity index (χ1v) is 10.3. The lowest BCUT2D eigenvalue weighted by molar-refractivity contribution is -0.148. The molecule has 0 spiro atoms. The molecule has 4 rings (SSSR count). The zero-order valence-corrected chi connectivity index (χ0v) is 16.0. The van der Waals surface area contributed by atoms with E-state index in [1.54, 1.807) is 23.3 Å². The second-order valence-corrected chi connectivity index (χ2v) is 8.73. The largest absolute Gasteiger partial charge is 0.481 e. The average molecular weight is 378 g/mol. The zero-order chi connectivity index (χ0) is 18.3. The van der Waals surface area contributed by atoms with Gasteiger partial charge in [0.15, 0.2) is 0 Å². The number of aliphatic carboxylic acids is 1. The minimum Gasteiger partial charge on any atom is -0.481 e. The highest BCUT2D eigenvalue weighted by molar-refractivity contribution is 7.12. The number of carbonyl (C=O) groups is 2. The van der Waals surface area contributed by atoms with Crippen LogP contribution in [-0.4, -0.2) is 73.2 Å². The van der Waals surface area contributed by atoms with E-state index in [2.05, 4.69) is 10.3 Å². The zero-order valence-electron chi connectivity index (χ0n) is 15.2. The first-order chi connectivity index (χ1) is 12.5. The first kappa shape index (κ1) is 17.9. The molecule has 26 heavy (non-hydrogen) atoms. The topological polar surface area (TPSA) is 70.1 Å². The van der Waals surface area contributed by atoms with E-state index in [1.807, 2.05) is 0 Å². The molecular formula is C19H26N2O4S. The Balaban J connectivity index is 1.52. The summed E-state index contributed by atoms with van der Waals surface area (Å²) in [4.78, 5) is 30.1. The number of amides is 1. The Morgan fingerprint density at radius 1 is 1.31 bits per heavy atom. The van der Waals surface area contributed by atoms with Crippen LogP contribution in [0.5, 0.6) is 0 Å². The van der Waals surface area contributed by atoms with Gasteiger partial charge >= 0.3 is 5.97 Å². The van der Waals surface area contributed by atoms with Gasteiger partial charge in [-0.25, -0.2) is 0 Å². The number of carbonyl (C=O) groups excluding carboxylic acids is 1. The fraction of sp³-hybridized carbons (Fsp3) is 0.684. The predicted octanol–water partition coefficient (Wildman–Crippen LogP) is 1.73. The number of carboxylic acid groups (broad SMARTS) is 1. The molecule has 2 saturated heterocycles. The van der Waals surface area contributed by atoms with Crippen LogP contribution in [0, 0.1) is 11.3 Å². The molecule has 3 aliphatic rings. The number of nitrogens with zero attached hydrogens (tertiary/aromatic N) is 2. The number of thiophene rings is 1. The molecule has 1 N–H and O–H groups in total. The van der Waals surface area contributed by atoms with Crippen molar-refractivity contribution in [1.29, 1.82) is 0 Å². The van der Waals surface area contributed by atoms with Crippen LogP contribution in [0.4, 0.5) is 0 Å². The van der Waals surface area contributed by atoms with Crippen LogP contribution >= 0.6 is 11.3 Å². The molecule has 2 atom stereocenters. The van der Waals surface area contributed by atoms with Crippen molar-refractivity contribution in [2.45, 2.75) is 25.7 Å². The molecule has 1 aromatic rings. The normalized spacial score (nSPS) is 28.2. The van der Waals surface area contributed by atoms with E-state index in [1.165, 1.54) is 17.5 Å². The molecular weight excluding hydrogens is 352 g/mol. The molecule has 0 radical (unpaired) electrons. The Bertz CT molecular complexity index is 718. The van der Waals surface area contributed by atoms with Gasteiger partial charge in [-0.15, -0.1) is 11.3 Å². The second-order valence-electron chi connectivity index (χ2n) is 7.85. The number of likely N-dealkylation sites (tertiary alicyclic amines) is 2. The fourth-order valence-electron chi connectivity index (χ4n) is 4.86. The number of carboxylic acids is 1. The van der Waals surface area contributed by atoms with Gasteiger partial charge in [0.25, 0.3) is 5.91 Å². The molecule has 0 aromatic carbocycles. The van der Waals surface area contributed by atoms with E-state index in [0.717, 1.165) is 37.2 Å². The highest BCUT2D eigenvalue weighted by Crippen LogP contribution is 2.44. The number of methoxy groups -OCH3 is 1. The minimum atomic E-state index is -0.833. The Labute approximate surface area is 157 Å². The quantitative estimate of drug-likeness (QED) is 0.845. The summed E-state index contributed by atoms with van der Waals surface area (Å²) in [5, 5.41) is 12.1. The Morgan fingerprint density at radius 3 is 2.85 bits per heavy atom. The van der Waals surface area contributed by atoms with Gasteiger partial charge in [-0.3, -0.25) is 14.5 Å². The van der Waals surface area contributed by atoms with Crippen LogP contribution in [0.25, 0.3) is 0 Å². The monoisotopic (exact) mass is 378 g/mol. The van der Waals surface area contributed by atoms with Crippen LogP contribution in [0.2, 0.25) is 0 Å². The van der Waals surface area contributed by atoms with Crippen molar-refractivity contribution in [2.24, 2.45) is 11.3 Å². The molecule has 1 amide bonds. The third kappa shape index (κ3) is 2.86. The van der Waals surface area contributed by atoms with E-state index < -0.39 is 11.4 Å². The highest BCUT2D eigenvalue weighted by Gasteiger charge is 2.58. The van der Waals surface area contributed by atoms with Crippen molar-refractivity contribution in [3.05, 3.63) is 21.4 Å².